The topological polar surface area (TPSA) is 96.7 Å². The van der Waals surface area contributed by atoms with E-state index in [0.717, 1.165) is 44.7 Å². The number of nitrogens with zero attached hydrogens (tertiary/aromatic N) is 3. The summed E-state index contributed by atoms with van der Waals surface area (Å²) in [5.41, 5.74) is 2.00. The molecule has 1 amide bonds. The summed E-state index contributed by atoms with van der Waals surface area (Å²) in [7, 11) is 0. The second kappa shape index (κ2) is 9.95. The molecule has 1 aromatic heterocycles. The van der Waals surface area contributed by atoms with E-state index in [-0.39, 0.29) is 11.1 Å². The molecule has 8 heteroatoms. The van der Waals surface area contributed by atoms with E-state index >= 15 is 0 Å². The Morgan fingerprint density at radius 2 is 1.97 bits per heavy atom. The number of ether oxygens (including phenoxy) is 1. The Bertz CT molecular complexity index is 1220. The van der Waals surface area contributed by atoms with Gasteiger partial charge in [0.1, 0.15) is 5.82 Å². The predicted molar refractivity (Wildman–Crippen MR) is 132 cm³/mol. The quantitative estimate of drug-likeness (QED) is 0.553. The molecular formula is C26H32N4O4. The van der Waals surface area contributed by atoms with Crippen molar-refractivity contribution in [1.82, 2.24) is 19.8 Å². The fourth-order valence-corrected chi connectivity index (χ4v) is 4.66. The van der Waals surface area contributed by atoms with Gasteiger partial charge in [-0.05, 0) is 63.9 Å². The van der Waals surface area contributed by atoms with Crippen molar-refractivity contribution in [1.29, 1.82) is 0 Å². The summed E-state index contributed by atoms with van der Waals surface area (Å²) in [5, 5.41) is 12.3. The molecule has 1 unspecified atom stereocenters. The zero-order valence-electron chi connectivity index (χ0n) is 20.0. The molecular weight excluding hydrogens is 432 g/mol. The van der Waals surface area contributed by atoms with Crippen LogP contribution in [-0.2, 0) is 11.2 Å². The fraction of sp³-hybridized carbons (Fsp3) is 0.423. The van der Waals surface area contributed by atoms with Gasteiger partial charge in [0.25, 0.3) is 5.56 Å². The smallest absolute Gasteiger partial charge is 0.405 e. The predicted octanol–water partition coefficient (Wildman–Crippen LogP) is 3.76. The molecule has 1 aliphatic rings. The molecule has 2 aromatic carbocycles. The number of aromatic nitrogens is 2. The summed E-state index contributed by atoms with van der Waals surface area (Å²) < 4.78 is 7.15. The number of carboxylic acid groups (broad SMARTS) is 1. The van der Waals surface area contributed by atoms with Crippen molar-refractivity contribution in [2.45, 2.75) is 45.2 Å². The summed E-state index contributed by atoms with van der Waals surface area (Å²) in [6.07, 6.45) is 0.492. The normalized spacial score (nSPS) is 16.9. The standard InChI is InChI=1S/C26H32N4O4/c1-18(27-25(32)33)23-28-21-13-7-9-19(10-8-14-29-15-16-34-17-26(29,2)3)22(21)24(31)30(23)20-11-5-4-6-12-20/h4-7,9,11-13,18,27H,8,10,14-17H2,1-3H3,(H,32,33). The van der Waals surface area contributed by atoms with Crippen LogP contribution in [0.25, 0.3) is 16.6 Å². The van der Waals surface area contributed by atoms with Crippen molar-refractivity contribution in [2.75, 3.05) is 26.3 Å². The molecule has 8 nitrogen and oxygen atoms in total. The molecule has 1 fully saturated rings. The molecule has 0 bridgehead atoms. The molecule has 1 saturated heterocycles. The third kappa shape index (κ3) is 4.98. The zero-order chi connectivity index (χ0) is 24.3. The Morgan fingerprint density at radius 3 is 2.68 bits per heavy atom. The zero-order valence-corrected chi connectivity index (χ0v) is 20.0. The average molecular weight is 465 g/mol. The van der Waals surface area contributed by atoms with Gasteiger partial charge in [0, 0.05) is 12.1 Å². The SMILES string of the molecule is CC(NC(=O)O)c1nc2cccc(CCCN3CCOCC3(C)C)c2c(=O)n1-c1ccccc1. The highest BCUT2D eigenvalue weighted by Crippen LogP contribution is 2.23. The van der Waals surface area contributed by atoms with Crippen LogP contribution in [0.2, 0.25) is 0 Å². The monoisotopic (exact) mass is 464 g/mol. The Morgan fingerprint density at radius 1 is 1.21 bits per heavy atom. The maximum Gasteiger partial charge on any atom is 0.405 e. The Hall–Kier alpha value is -3.23. The van der Waals surface area contributed by atoms with E-state index in [1.165, 1.54) is 4.57 Å². The van der Waals surface area contributed by atoms with Crippen LogP contribution in [0.1, 0.15) is 44.6 Å². The highest BCUT2D eigenvalue weighted by atomic mass is 16.5. The van der Waals surface area contributed by atoms with Crippen LogP contribution in [0.15, 0.2) is 53.3 Å². The lowest BCUT2D eigenvalue weighted by atomic mass is 10.00. The molecule has 0 aliphatic carbocycles. The molecule has 34 heavy (non-hydrogen) atoms. The minimum Gasteiger partial charge on any atom is -0.465 e. The second-order valence-electron chi connectivity index (χ2n) is 9.38. The Balaban J connectivity index is 1.72. The van der Waals surface area contributed by atoms with Gasteiger partial charge >= 0.3 is 6.09 Å². The van der Waals surface area contributed by atoms with Crippen LogP contribution in [0.3, 0.4) is 0 Å². The van der Waals surface area contributed by atoms with E-state index in [4.69, 9.17) is 9.72 Å². The summed E-state index contributed by atoms with van der Waals surface area (Å²) in [4.78, 5) is 32.3. The first-order valence-electron chi connectivity index (χ1n) is 11.7. The van der Waals surface area contributed by atoms with E-state index in [9.17, 15) is 14.7 Å². The number of benzene rings is 2. The van der Waals surface area contributed by atoms with E-state index in [2.05, 4.69) is 24.1 Å². The number of amides is 1. The lowest BCUT2D eigenvalue weighted by molar-refractivity contribution is -0.0510. The molecule has 0 saturated carbocycles. The van der Waals surface area contributed by atoms with Gasteiger partial charge in [-0.1, -0.05) is 30.3 Å². The molecule has 2 heterocycles. The number of carbonyl (C=O) groups is 1. The summed E-state index contributed by atoms with van der Waals surface area (Å²) >= 11 is 0. The minimum atomic E-state index is -1.17. The molecule has 180 valence electrons. The molecule has 3 aromatic rings. The number of hydrogen-bond acceptors (Lipinski definition) is 5. The lowest BCUT2D eigenvalue weighted by Gasteiger charge is -2.42. The van der Waals surface area contributed by atoms with E-state index in [0.29, 0.717) is 22.4 Å². The number of rotatable bonds is 7. The highest BCUT2D eigenvalue weighted by Gasteiger charge is 2.30. The van der Waals surface area contributed by atoms with Crippen molar-refractivity contribution in [3.05, 3.63) is 70.3 Å². The number of nitrogens with one attached hydrogen (secondary N) is 1. The lowest BCUT2D eigenvalue weighted by Crippen LogP contribution is -2.53. The van der Waals surface area contributed by atoms with Gasteiger partial charge in [0.05, 0.1) is 35.8 Å². The third-order valence-electron chi connectivity index (χ3n) is 6.44. The Labute approximate surface area is 199 Å². The van der Waals surface area contributed by atoms with Gasteiger partial charge < -0.3 is 15.2 Å². The second-order valence-corrected chi connectivity index (χ2v) is 9.38. The number of hydrogen-bond donors (Lipinski definition) is 2. The summed E-state index contributed by atoms with van der Waals surface area (Å²) in [6, 6.07) is 14.3. The molecule has 0 radical (unpaired) electrons. The van der Waals surface area contributed by atoms with Crippen LogP contribution in [0.4, 0.5) is 4.79 Å². The summed E-state index contributed by atoms with van der Waals surface area (Å²) in [6.45, 7) is 9.37. The van der Waals surface area contributed by atoms with Gasteiger partial charge in [0.15, 0.2) is 0 Å². The molecule has 4 rings (SSSR count). The first kappa shape index (κ1) is 23.9. The van der Waals surface area contributed by atoms with Crippen molar-refractivity contribution in [3.63, 3.8) is 0 Å². The number of fused-ring (bicyclic) bond motifs is 1. The minimum absolute atomic E-state index is 0.000761. The van der Waals surface area contributed by atoms with Crippen molar-refractivity contribution in [3.8, 4) is 5.69 Å². The first-order valence-corrected chi connectivity index (χ1v) is 11.7. The highest BCUT2D eigenvalue weighted by molar-refractivity contribution is 5.82. The largest absolute Gasteiger partial charge is 0.465 e. The van der Waals surface area contributed by atoms with Crippen molar-refractivity contribution >= 4 is 17.0 Å². The van der Waals surface area contributed by atoms with E-state index < -0.39 is 12.1 Å². The van der Waals surface area contributed by atoms with Gasteiger partial charge in [-0.15, -0.1) is 0 Å². The molecule has 1 aliphatic heterocycles. The van der Waals surface area contributed by atoms with Crippen LogP contribution in [0, 0.1) is 0 Å². The maximum absolute atomic E-state index is 13.8. The van der Waals surface area contributed by atoms with Gasteiger partial charge in [0.2, 0.25) is 0 Å². The van der Waals surface area contributed by atoms with Crippen LogP contribution in [-0.4, -0.2) is 57.5 Å². The number of aryl methyl sites for hydroxylation is 1. The summed E-state index contributed by atoms with van der Waals surface area (Å²) in [5.74, 6) is 0.360. The molecule has 1 atom stereocenters. The van der Waals surface area contributed by atoms with Crippen LogP contribution >= 0.6 is 0 Å². The van der Waals surface area contributed by atoms with Crippen molar-refractivity contribution < 1.29 is 14.6 Å². The maximum atomic E-state index is 13.8. The van der Waals surface area contributed by atoms with Crippen molar-refractivity contribution in [2.24, 2.45) is 0 Å². The third-order valence-corrected chi connectivity index (χ3v) is 6.44. The van der Waals surface area contributed by atoms with Crippen LogP contribution < -0.4 is 10.9 Å². The number of morpholine rings is 1. The van der Waals surface area contributed by atoms with Gasteiger partial charge in [-0.2, -0.15) is 0 Å². The van der Waals surface area contributed by atoms with E-state index in [1.807, 2.05) is 48.5 Å². The molecule has 2 N–H and O–H groups in total. The van der Waals surface area contributed by atoms with Gasteiger partial charge in [-0.3, -0.25) is 14.3 Å². The van der Waals surface area contributed by atoms with Gasteiger partial charge in [-0.25, -0.2) is 9.78 Å². The number of para-hydroxylation sites is 1. The first-order chi connectivity index (χ1) is 16.3. The molecule has 0 spiro atoms. The Kier molecular flexibility index (Phi) is 7.00. The average Bonchev–Trinajstić information content (AvgIpc) is 2.80. The van der Waals surface area contributed by atoms with E-state index in [1.54, 1.807) is 6.92 Å². The van der Waals surface area contributed by atoms with Crippen LogP contribution in [0.5, 0.6) is 0 Å². The fourth-order valence-electron chi connectivity index (χ4n) is 4.66.